The van der Waals surface area contributed by atoms with E-state index >= 15 is 0 Å². The van der Waals surface area contributed by atoms with Gasteiger partial charge in [0.25, 0.3) is 0 Å². The molecule has 0 radical (unpaired) electrons. The number of ether oxygens (including phenoxy) is 1. The minimum absolute atomic E-state index is 0.124. The Hall–Kier alpha value is -2.08. The fraction of sp³-hybridized carbons (Fsp3) is 0.278. The van der Waals surface area contributed by atoms with Crippen molar-refractivity contribution in [2.75, 3.05) is 17.2 Å². The van der Waals surface area contributed by atoms with Crippen LogP contribution < -0.4 is 15.4 Å². The second kappa shape index (κ2) is 6.81. The normalized spacial score (nSPS) is 16.6. The van der Waals surface area contributed by atoms with Gasteiger partial charge in [0.15, 0.2) is 11.6 Å². The maximum atomic E-state index is 14.1. The predicted octanol–water partition coefficient (Wildman–Crippen LogP) is 4.30. The number of aldehydes is 1. The minimum Gasteiger partial charge on any atom is -0.453 e. The Kier molecular flexibility index (Phi) is 4.76. The van der Waals surface area contributed by atoms with Crippen molar-refractivity contribution in [2.24, 2.45) is 0 Å². The van der Waals surface area contributed by atoms with Crippen LogP contribution in [0.5, 0.6) is 11.5 Å². The number of nitrogens with two attached hydrogens (primary N) is 1. The fourth-order valence-corrected chi connectivity index (χ4v) is 3.48. The van der Waals surface area contributed by atoms with Gasteiger partial charge in [-0.3, -0.25) is 0 Å². The average Bonchev–Trinajstić information content (AvgIpc) is 2.55. The monoisotopic (exact) mass is 392 g/mol. The molecule has 0 aromatic heterocycles. The lowest BCUT2D eigenvalue weighted by molar-refractivity contribution is -0.106. The van der Waals surface area contributed by atoms with Crippen LogP contribution in [0.15, 0.2) is 34.8 Å². The molecule has 126 valence electrons. The Labute approximate surface area is 148 Å². The van der Waals surface area contributed by atoms with Crippen molar-refractivity contribution in [3.8, 4) is 11.5 Å². The zero-order valence-corrected chi connectivity index (χ0v) is 14.8. The SMILES string of the molecule is C[C@H]1CCc2c(ccc(Br)c2Oc2ccc(N)cc2F)N1CC=O. The average molecular weight is 393 g/mol. The van der Waals surface area contributed by atoms with Crippen LogP contribution in [0.1, 0.15) is 18.9 Å². The van der Waals surface area contributed by atoms with Crippen LogP contribution in [0.3, 0.4) is 0 Å². The molecule has 0 aliphatic carbocycles. The molecule has 1 aliphatic rings. The van der Waals surface area contributed by atoms with Gasteiger partial charge in [0.1, 0.15) is 12.0 Å². The number of carbonyl (C=O) groups is 1. The lowest BCUT2D eigenvalue weighted by Gasteiger charge is -2.36. The van der Waals surface area contributed by atoms with E-state index in [0.717, 1.165) is 34.9 Å². The molecule has 6 heteroatoms. The summed E-state index contributed by atoms with van der Waals surface area (Å²) in [5.41, 5.74) is 7.86. The smallest absolute Gasteiger partial charge is 0.167 e. The van der Waals surface area contributed by atoms with Gasteiger partial charge in [-0.2, -0.15) is 0 Å². The van der Waals surface area contributed by atoms with E-state index in [-0.39, 0.29) is 11.8 Å². The lowest BCUT2D eigenvalue weighted by atomic mass is 9.96. The molecule has 2 aromatic rings. The first-order chi connectivity index (χ1) is 11.5. The Morgan fingerprint density at radius 1 is 1.42 bits per heavy atom. The highest BCUT2D eigenvalue weighted by Crippen LogP contribution is 2.43. The molecular formula is C18H18BrFN2O2. The highest BCUT2D eigenvalue weighted by atomic mass is 79.9. The van der Waals surface area contributed by atoms with Crippen LogP contribution in [-0.4, -0.2) is 18.9 Å². The molecule has 0 fully saturated rings. The third kappa shape index (κ3) is 3.11. The summed E-state index contributed by atoms with van der Waals surface area (Å²) in [4.78, 5) is 13.1. The summed E-state index contributed by atoms with van der Waals surface area (Å²) in [5.74, 6) is 0.200. The van der Waals surface area contributed by atoms with Crippen molar-refractivity contribution in [1.29, 1.82) is 0 Å². The zero-order valence-electron chi connectivity index (χ0n) is 13.3. The summed E-state index contributed by atoms with van der Waals surface area (Å²) in [6.45, 7) is 2.42. The molecule has 3 rings (SSSR count). The van der Waals surface area contributed by atoms with Gasteiger partial charge in [0.05, 0.1) is 11.0 Å². The summed E-state index contributed by atoms with van der Waals surface area (Å²) in [6, 6.07) is 8.45. The minimum atomic E-state index is -0.506. The molecule has 0 spiro atoms. The van der Waals surface area contributed by atoms with Gasteiger partial charge >= 0.3 is 0 Å². The first-order valence-corrected chi connectivity index (χ1v) is 8.55. The Balaban J connectivity index is 2.04. The zero-order chi connectivity index (χ0) is 17.3. The number of nitrogen functional groups attached to an aromatic ring is 1. The van der Waals surface area contributed by atoms with Crippen LogP contribution in [0.2, 0.25) is 0 Å². The first-order valence-electron chi connectivity index (χ1n) is 7.75. The number of benzene rings is 2. The molecule has 1 heterocycles. The third-order valence-electron chi connectivity index (χ3n) is 4.28. The summed E-state index contributed by atoms with van der Waals surface area (Å²) in [5, 5.41) is 0. The number of fused-ring (bicyclic) bond motifs is 1. The van der Waals surface area contributed by atoms with E-state index in [2.05, 4.69) is 22.9 Å². The second-order valence-corrected chi connectivity index (χ2v) is 6.73. The van der Waals surface area contributed by atoms with Gasteiger partial charge in [-0.1, -0.05) is 0 Å². The van der Waals surface area contributed by atoms with Gasteiger partial charge in [0, 0.05) is 29.0 Å². The highest BCUT2D eigenvalue weighted by molar-refractivity contribution is 9.10. The van der Waals surface area contributed by atoms with Crippen molar-refractivity contribution in [3.63, 3.8) is 0 Å². The maximum absolute atomic E-state index is 14.1. The van der Waals surface area contributed by atoms with Crippen LogP contribution in [0, 0.1) is 5.82 Å². The third-order valence-corrected chi connectivity index (χ3v) is 4.90. The molecule has 24 heavy (non-hydrogen) atoms. The summed E-state index contributed by atoms with van der Waals surface area (Å²) in [6.07, 6.45) is 2.60. The largest absolute Gasteiger partial charge is 0.453 e. The van der Waals surface area contributed by atoms with E-state index < -0.39 is 5.82 Å². The molecule has 0 bridgehead atoms. The molecule has 2 aromatic carbocycles. The van der Waals surface area contributed by atoms with Gasteiger partial charge in [-0.25, -0.2) is 4.39 Å². The quantitative estimate of drug-likeness (QED) is 0.622. The molecular weight excluding hydrogens is 375 g/mol. The van der Waals surface area contributed by atoms with E-state index in [1.165, 1.54) is 12.1 Å². The molecule has 0 saturated heterocycles. The number of hydrogen-bond donors (Lipinski definition) is 1. The molecule has 1 aliphatic heterocycles. The summed E-state index contributed by atoms with van der Waals surface area (Å²) in [7, 11) is 0. The molecule has 2 N–H and O–H groups in total. The van der Waals surface area contributed by atoms with Crippen molar-refractivity contribution < 1.29 is 13.9 Å². The Morgan fingerprint density at radius 3 is 2.92 bits per heavy atom. The van der Waals surface area contributed by atoms with Crippen LogP contribution >= 0.6 is 15.9 Å². The number of rotatable bonds is 4. The first kappa shape index (κ1) is 16.8. The Morgan fingerprint density at radius 2 is 2.21 bits per heavy atom. The van der Waals surface area contributed by atoms with Crippen molar-refractivity contribution in [2.45, 2.75) is 25.8 Å². The second-order valence-electron chi connectivity index (χ2n) is 5.87. The summed E-state index contributed by atoms with van der Waals surface area (Å²) >= 11 is 3.49. The van der Waals surface area contributed by atoms with Crippen molar-refractivity contribution >= 4 is 33.6 Å². The van der Waals surface area contributed by atoms with Gasteiger partial charge in [-0.05, 0) is 60.0 Å². The van der Waals surface area contributed by atoms with Crippen LogP contribution in [0.4, 0.5) is 15.8 Å². The van der Waals surface area contributed by atoms with E-state index in [1.807, 2.05) is 17.0 Å². The van der Waals surface area contributed by atoms with Gasteiger partial charge < -0.3 is 20.2 Å². The number of hydrogen-bond acceptors (Lipinski definition) is 4. The number of carbonyl (C=O) groups excluding carboxylic acids is 1. The van der Waals surface area contributed by atoms with Crippen molar-refractivity contribution in [3.05, 3.63) is 46.2 Å². The number of halogens is 2. The Bertz CT molecular complexity index is 782. The molecule has 0 unspecified atom stereocenters. The van der Waals surface area contributed by atoms with Gasteiger partial charge in [0.2, 0.25) is 0 Å². The molecule has 4 nitrogen and oxygen atoms in total. The molecule has 0 amide bonds. The predicted molar refractivity (Wildman–Crippen MR) is 96.2 cm³/mol. The molecule has 0 saturated carbocycles. The van der Waals surface area contributed by atoms with E-state index in [0.29, 0.717) is 18.0 Å². The van der Waals surface area contributed by atoms with Crippen molar-refractivity contribution in [1.82, 2.24) is 0 Å². The number of anilines is 2. The van der Waals surface area contributed by atoms with E-state index in [4.69, 9.17) is 10.5 Å². The van der Waals surface area contributed by atoms with Gasteiger partial charge in [-0.15, -0.1) is 0 Å². The highest BCUT2D eigenvalue weighted by Gasteiger charge is 2.27. The number of nitrogens with zero attached hydrogens (tertiary/aromatic N) is 1. The van der Waals surface area contributed by atoms with Crippen LogP contribution in [0.25, 0.3) is 0 Å². The maximum Gasteiger partial charge on any atom is 0.167 e. The standard InChI is InChI=1S/C18H18BrFN2O2/c1-11-2-4-13-16(22(11)8-9-23)6-5-14(19)18(13)24-17-7-3-12(21)10-15(17)20/h3,5-7,9-11H,2,4,8,21H2,1H3/t11-/m0/s1. The summed E-state index contributed by atoms with van der Waals surface area (Å²) < 4.78 is 20.7. The molecule has 1 atom stereocenters. The van der Waals surface area contributed by atoms with Crippen LogP contribution in [-0.2, 0) is 11.2 Å². The van der Waals surface area contributed by atoms with E-state index in [9.17, 15) is 9.18 Å². The van der Waals surface area contributed by atoms with E-state index in [1.54, 1.807) is 6.07 Å². The topological polar surface area (TPSA) is 55.6 Å². The fourth-order valence-electron chi connectivity index (χ4n) is 3.02. The lowest BCUT2D eigenvalue weighted by Crippen LogP contribution is -2.38.